The van der Waals surface area contributed by atoms with Crippen LogP contribution in [0.3, 0.4) is 0 Å². The van der Waals surface area contributed by atoms with Gasteiger partial charge >= 0.3 is 40.9 Å². The lowest BCUT2D eigenvalue weighted by Gasteiger charge is -2.30. The summed E-state index contributed by atoms with van der Waals surface area (Å²) >= 11 is 0. The molecule has 3 heterocycles. The van der Waals surface area contributed by atoms with Crippen molar-refractivity contribution >= 4 is 35.6 Å². The Morgan fingerprint density at radius 2 is 0.830 bits per heavy atom. The number of carbonyl (C=O) groups excluding carboxylic acids is 5. The van der Waals surface area contributed by atoms with E-state index in [1.54, 1.807) is 152 Å². The number of nitrogens with zero attached hydrogens (tertiary/aromatic N) is 4. The van der Waals surface area contributed by atoms with Crippen LogP contribution in [0, 0.1) is 17.8 Å². The molecule has 26 heteroatoms. The van der Waals surface area contributed by atoms with Gasteiger partial charge in [-0.25, -0.2) is 46.7 Å². The van der Waals surface area contributed by atoms with Gasteiger partial charge < -0.3 is 34.5 Å². The van der Waals surface area contributed by atoms with Crippen LogP contribution in [0.15, 0.2) is 212 Å². The molecule has 3 fully saturated rings. The topological polar surface area (TPSA) is 319 Å². The molecule has 0 saturated heterocycles. The third-order valence-electron chi connectivity index (χ3n) is 16.9. The summed E-state index contributed by atoms with van der Waals surface area (Å²) in [6.45, 7) is 2.84. The third-order valence-corrected chi connectivity index (χ3v) is 16.9. The maximum atomic E-state index is 16.6. The quantitative estimate of drug-likeness (QED) is 0.0482. The standard InChI is InChI=1S/C32H28FN3O6.C25H23FN2O6.C11H15FN2O4/c1-32(33)25(36-18-17-26(35-31(36)40)34-28(37)21-11-5-2-6-12-21)19-24(20-41-29(38)22-13-7-3-8-14-22)27(32)42-30(39)23-15-9-4-10-16-23;1-25(26)19(28-13-12-20(29)27-24(28)32)14-18(15-33-22(30)16-8-4-2-5-9-16)21(25)34-23(31)17-10-6-3-7-11-17;1-11(12)7(4-6(5-15)9(11)17)14-3-2-8(16)13-10(14)18/h2-18,24-25,27H,19-20H2,1H3,(H,34,35,37,40);2-13,18-19,21H,14-15H2,1H3,(H,27,29,32);2-3,6-7,9,15,17H,4-5H2,1H3,(H,13,16,18)/t24-,25-,27-,32+;18-,19-,21-,25+;6-,7-,9-,11+/m111/s1. The average molecular weight is 1290 g/mol. The second-order valence-electron chi connectivity index (χ2n) is 23.3. The summed E-state index contributed by atoms with van der Waals surface area (Å²) in [5, 5.41) is 21.4. The van der Waals surface area contributed by atoms with Crippen molar-refractivity contribution in [2.75, 3.05) is 25.1 Å². The molecule has 490 valence electrons. The number of esters is 4. The minimum Gasteiger partial charge on any atom is -0.462 e. The molecule has 23 nitrogen and oxygen atoms in total. The van der Waals surface area contributed by atoms with E-state index in [4.69, 9.17) is 24.1 Å². The van der Waals surface area contributed by atoms with Gasteiger partial charge in [-0.15, -0.1) is 0 Å². The summed E-state index contributed by atoms with van der Waals surface area (Å²) in [4.78, 5) is 131. The number of anilines is 1. The molecule has 0 spiro atoms. The van der Waals surface area contributed by atoms with Gasteiger partial charge in [0.05, 0.1) is 59.7 Å². The number of carbonyl (C=O) groups is 5. The van der Waals surface area contributed by atoms with Gasteiger partial charge in [-0.05, 0) is 107 Å². The van der Waals surface area contributed by atoms with Crippen LogP contribution < -0.4 is 33.5 Å². The van der Waals surface area contributed by atoms with E-state index in [1.807, 2.05) is 4.98 Å². The Morgan fingerprint density at radius 1 is 0.489 bits per heavy atom. The number of alkyl halides is 3. The molecule has 3 aromatic heterocycles. The van der Waals surface area contributed by atoms with Crippen molar-refractivity contribution in [3.05, 3.63) is 268 Å². The number of aliphatic hydroxyl groups is 2. The number of amides is 1. The Bertz CT molecular complexity index is 4280. The number of aromatic nitrogens is 6. The highest BCUT2D eigenvalue weighted by Gasteiger charge is 2.59. The Hall–Kier alpha value is -10.6. The first-order valence-electron chi connectivity index (χ1n) is 29.8. The molecule has 0 aliphatic heterocycles. The molecule has 3 saturated carbocycles. The maximum absolute atomic E-state index is 16.6. The molecule has 94 heavy (non-hydrogen) atoms. The zero-order chi connectivity index (χ0) is 67.5. The second kappa shape index (κ2) is 29.3. The highest BCUT2D eigenvalue weighted by Crippen LogP contribution is 2.49. The van der Waals surface area contributed by atoms with Crippen LogP contribution in [0.25, 0.3) is 0 Å². The smallest absolute Gasteiger partial charge is 0.349 e. The van der Waals surface area contributed by atoms with Gasteiger partial charge in [0.1, 0.15) is 18.0 Å². The van der Waals surface area contributed by atoms with E-state index in [1.165, 1.54) is 45.4 Å². The molecule has 8 aromatic rings. The number of aliphatic hydroxyl groups excluding tert-OH is 2. The lowest BCUT2D eigenvalue weighted by molar-refractivity contribution is -0.0485. The fraction of sp³-hybridized carbons (Fsp3) is 0.309. The summed E-state index contributed by atoms with van der Waals surface area (Å²) in [6.07, 6.45) is -0.0630. The predicted octanol–water partition coefficient (Wildman–Crippen LogP) is 6.95. The van der Waals surface area contributed by atoms with E-state index in [9.17, 15) is 57.4 Å². The number of hydrogen-bond donors (Lipinski definition) is 5. The van der Waals surface area contributed by atoms with Crippen molar-refractivity contribution in [1.29, 1.82) is 0 Å². The number of halogens is 3. The number of benzene rings is 5. The van der Waals surface area contributed by atoms with Crippen LogP contribution in [0.4, 0.5) is 19.0 Å². The Labute approximate surface area is 533 Å². The first kappa shape index (κ1) is 67.8. The minimum absolute atomic E-state index is 0.00376. The average Bonchev–Trinajstić information content (AvgIpc) is 1.62. The molecule has 5 N–H and O–H groups in total. The molecule has 0 radical (unpaired) electrons. The number of H-pyrrole nitrogens is 2. The predicted molar refractivity (Wildman–Crippen MR) is 333 cm³/mol. The summed E-state index contributed by atoms with van der Waals surface area (Å²) in [5.74, 6) is -5.26. The second-order valence-corrected chi connectivity index (χ2v) is 23.3. The van der Waals surface area contributed by atoms with Gasteiger partial charge in [-0.2, -0.15) is 4.98 Å². The summed E-state index contributed by atoms with van der Waals surface area (Å²) < 4.78 is 72.7. The number of rotatable bonds is 16. The molecular formula is C68H66F3N7O16. The van der Waals surface area contributed by atoms with E-state index >= 15 is 8.78 Å². The number of aromatic amines is 2. The molecular weight excluding hydrogens is 1230 g/mol. The summed E-state index contributed by atoms with van der Waals surface area (Å²) in [5.41, 5.74) is -8.45. The molecule has 12 atom stereocenters. The normalized spacial score (nSPS) is 25.0. The molecule has 5 aromatic carbocycles. The van der Waals surface area contributed by atoms with Crippen LogP contribution >= 0.6 is 0 Å². The summed E-state index contributed by atoms with van der Waals surface area (Å²) in [7, 11) is 0. The van der Waals surface area contributed by atoms with Crippen LogP contribution in [0.2, 0.25) is 0 Å². The van der Waals surface area contributed by atoms with Crippen LogP contribution in [0.5, 0.6) is 0 Å². The fourth-order valence-electron chi connectivity index (χ4n) is 12.0. The minimum atomic E-state index is -2.24. The van der Waals surface area contributed by atoms with Gasteiger partial charge in [-0.3, -0.25) is 38.1 Å². The molecule has 11 rings (SSSR count). The Kier molecular flexibility index (Phi) is 21.2. The van der Waals surface area contributed by atoms with E-state index in [0.29, 0.717) is 16.7 Å². The highest BCUT2D eigenvalue weighted by molar-refractivity contribution is 6.03. The first-order valence-corrected chi connectivity index (χ1v) is 29.8. The molecule has 0 bridgehead atoms. The van der Waals surface area contributed by atoms with Gasteiger partial charge in [0.15, 0.2) is 17.0 Å². The van der Waals surface area contributed by atoms with Crippen LogP contribution in [-0.4, -0.2) is 124 Å². The first-order chi connectivity index (χ1) is 44.9. The third kappa shape index (κ3) is 15.5. The lowest BCUT2D eigenvalue weighted by Crippen LogP contribution is -2.45. The highest BCUT2D eigenvalue weighted by atomic mass is 19.2. The van der Waals surface area contributed by atoms with Crippen molar-refractivity contribution in [2.45, 2.75) is 93.5 Å². The van der Waals surface area contributed by atoms with Crippen molar-refractivity contribution in [2.24, 2.45) is 17.8 Å². The maximum Gasteiger partial charge on any atom is 0.349 e. The van der Waals surface area contributed by atoms with E-state index in [0.717, 1.165) is 25.8 Å². The van der Waals surface area contributed by atoms with E-state index in [-0.39, 0.29) is 56.0 Å². The SMILES string of the molecule is C[C@@]1(F)[C@H](O)[C@@H](CO)C[C@H]1n1ccc(=O)[nH]c1=O.C[C@@]1(F)[C@H](OC(=O)c2ccccc2)[C@@H](COC(=O)c2ccccc2)C[C@H]1n1ccc(=O)[nH]c1=O.C[C@@]1(F)[C@H](OC(=O)c2ccccc2)[C@@H](COC(=O)c2ccccc2)C[C@H]1n1ccc(NC(=O)c2ccccc2)nc1=O. The van der Waals surface area contributed by atoms with E-state index in [2.05, 4.69) is 15.3 Å². The van der Waals surface area contributed by atoms with Crippen molar-refractivity contribution in [3.8, 4) is 0 Å². The van der Waals surface area contributed by atoms with E-state index < -0.39 is 129 Å². The van der Waals surface area contributed by atoms with Gasteiger partial charge in [-0.1, -0.05) is 91.0 Å². The zero-order valence-electron chi connectivity index (χ0n) is 50.9. The van der Waals surface area contributed by atoms with Crippen molar-refractivity contribution in [1.82, 2.24) is 28.7 Å². The summed E-state index contributed by atoms with van der Waals surface area (Å²) in [6, 6.07) is 41.9. The van der Waals surface area contributed by atoms with Gasteiger partial charge in [0, 0.05) is 60.6 Å². The Balaban J connectivity index is 0.000000179. The number of ether oxygens (including phenoxy) is 4. The largest absolute Gasteiger partial charge is 0.462 e. The number of hydrogen-bond acceptors (Lipinski definition) is 17. The number of nitrogens with one attached hydrogen (secondary N) is 3. The van der Waals surface area contributed by atoms with Gasteiger partial charge in [0.2, 0.25) is 0 Å². The Morgan fingerprint density at radius 3 is 1.19 bits per heavy atom. The van der Waals surface area contributed by atoms with Crippen LogP contribution in [0.1, 0.15) is 110 Å². The zero-order valence-corrected chi connectivity index (χ0v) is 50.9. The molecule has 3 aliphatic carbocycles. The fourth-order valence-corrected chi connectivity index (χ4v) is 12.0. The van der Waals surface area contributed by atoms with Gasteiger partial charge in [0.25, 0.3) is 17.0 Å². The monoisotopic (exact) mass is 1290 g/mol. The molecule has 3 aliphatic rings. The molecule has 1 amide bonds. The van der Waals surface area contributed by atoms with Crippen LogP contribution in [-0.2, 0) is 18.9 Å². The van der Waals surface area contributed by atoms with Crippen molar-refractivity contribution < 1.29 is 66.3 Å². The molecule has 0 unspecified atom stereocenters. The lowest BCUT2D eigenvalue weighted by atomic mass is 9.98. The van der Waals surface area contributed by atoms with Crippen molar-refractivity contribution in [3.63, 3.8) is 0 Å².